The molecule has 1 aromatic rings. The molecule has 0 spiro atoms. The molecule has 96 valence electrons. The number of hydrogen-bond acceptors (Lipinski definition) is 5. The second-order valence-electron chi connectivity index (χ2n) is 4.45. The third kappa shape index (κ3) is 3.94. The first-order valence-electron chi connectivity index (χ1n) is 6.41. The van der Waals surface area contributed by atoms with Crippen LogP contribution < -0.4 is 10.2 Å². The van der Waals surface area contributed by atoms with E-state index in [0.29, 0.717) is 0 Å². The molecule has 1 saturated heterocycles. The third-order valence-corrected chi connectivity index (χ3v) is 4.05. The van der Waals surface area contributed by atoms with Gasteiger partial charge in [-0.15, -0.1) is 11.3 Å². The maximum atomic E-state index is 4.37. The topological polar surface area (TPSA) is 31.4 Å². The summed E-state index contributed by atoms with van der Waals surface area (Å²) >= 11 is 1.74. The van der Waals surface area contributed by atoms with Crippen molar-refractivity contribution in [3.63, 3.8) is 0 Å². The van der Waals surface area contributed by atoms with E-state index >= 15 is 0 Å². The van der Waals surface area contributed by atoms with Gasteiger partial charge in [0.2, 0.25) is 0 Å². The molecule has 1 aliphatic heterocycles. The normalized spacial score (nSPS) is 17.6. The number of nitrogens with one attached hydrogen (secondary N) is 1. The standard InChI is InChI=1S/C12H22N4S/c1-13-4-2-3-6-15-7-9-16(10-8-15)12-14-5-11-17-12/h5,11,13H,2-4,6-10H2,1H3. The highest BCUT2D eigenvalue weighted by atomic mass is 32.1. The first-order valence-corrected chi connectivity index (χ1v) is 7.29. The van der Waals surface area contributed by atoms with Crippen molar-refractivity contribution in [1.29, 1.82) is 0 Å². The molecule has 0 bridgehead atoms. The van der Waals surface area contributed by atoms with Crippen LogP contribution in [0.3, 0.4) is 0 Å². The Balaban J connectivity index is 1.64. The fraction of sp³-hybridized carbons (Fsp3) is 0.750. The number of rotatable bonds is 6. The number of nitrogens with zero attached hydrogens (tertiary/aromatic N) is 3. The minimum absolute atomic E-state index is 1.12. The SMILES string of the molecule is CNCCCCN1CCN(c2nccs2)CC1. The molecule has 2 rings (SSSR count). The van der Waals surface area contributed by atoms with Crippen molar-refractivity contribution in [2.75, 3.05) is 51.2 Å². The van der Waals surface area contributed by atoms with Gasteiger partial charge in [-0.05, 0) is 33.0 Å². The summed E-state index contributed by atoms with van der Waals surface area (Å²) in [6.07, 6.45) is 4.48. The molecule has 4 nitrogen and oxygen atoms in total. The van der Waals surface area contributed by atoms with E-state index in [1.54, 1.807) is 11.3 Å². The zero-order chi connectivity index (χ0) is 11.9. The number of hydrogen-bond donors (Lipinski definition) is 1. The van der Waals surface area contributed by atoms with Crippen LogP contribution >= 0.6 is 11.3 Å². The summed E-state index contributed by atoms with van der Waals surface area (Å²) in [5.74, 6) is 0. The van der Waals surface area contributed by atoms with Gasteiger partial charge >= 0.3 is 0 Å². The first kappa shape index (κ1) is 12.8. The molecule has 0 aliphatic carbocycles. The lowest BCUT2D eigenvalue weighted by Crippen LogP contribution is -2.46. The minimum Gasteiger partial charge on any atom is -0.346 e. The Kier molecular flexibility index (Phi) is 5.22. The summed E-state index contributed by atoms with van der Waals surface area (Å²) in [5.41, 5.74) is 0. The average molecular weight is 254 g/mol. The number of thiazole rings is 1. The highest BCUT2D eigenvalue weighted by Gasteiger charge is 2.17. The zero-order valence-electron chi connectivity index (χ0n) is 10.6. The van der Waals surface area contributed by atoms with Gasteiger partial charge in [-0.2, -0.15) is 0 Å². The lowest BCUT2D eigenvalue weighted by atomic mass is 10.2. The monoisotopic (exact) mass is 254 g/mol. The summed E-state index contributed by atoms with van der Waals surface area (Å²) in [7, 11) is 2.02. The molecule has 1 aromatic heterocycles. The van der Waals surface area contributed by atoms with Crippen molar-refractivity contribution in [3.05, 3.63) is 11.6 Å². The summed E-state index contributed by atoms with van der Waals surface area (Å²) < 4.78 is 0. The minimum atomic E-state index is 1.12. The van der Waals surface area contributed by atoms with Crippen LogP contribution in [0.15, 0.2) is 11.6 Å². The number of aromatic nitrogens is 1. The number of piperazine rings is 1. The number of anilines is 1. The molecule has 0 aromatic carbocycles. The lowest BCUT2D eigenvalue weighted by molar-refractivity contribution is 0.253. The maximum Gasteiger partial charge on any atom is 0.185 e. The van der Waals surface area contributed by atoms with Gasteiger partial charge in [-0.1, -0.05) is 0 Å². The second kappa shape index (κ2) is 6.93. The highest BCUT2D eigenvalue weighted by Crippen LogP contribution is 2.18. The molecule has 0 unspecified atom stereocenters. The molecule has 1 N–H and O–H groups in total. The Morgan fingerprint density at radius 2 is 2.12 bits per heavy atom. The molecular weight excluding hydrogens is 232 g/mol. The van der Waals surface area contributed by atoms with Gasteiger partial charge in [-0.3, -0.25) is 4.90 Å². The van der Waals surface area contributed by atoms with Crippen LogP contribution in [0.5, 0.6) is 0 Å². The highest BCUT2D eigenvalue weighted by molar-refractivity contribution is 7.13. The molecule has 0 atom stereocenters. The molecular formula is C12H22N4S. The Labute approximate surface area is 108 Å². The summed E-state index contributed by atoms with van der Waals surface area (Å²) in [5, 5.41) is 6.43. The van der Waals surface area contributed by atoms with Crippen LogP contribution in [0.4, 0.5) is 5.13 Å². The van der Waals surface area contributed by atoms with E-state index < -0.39 is 0 Å². The van der Waals surface area contributed by atoms with Gasteiger partial charge in [-0.25, -0.2) is 4.98 Å². The molecule has 1 aliphatic rings. The van der Waals surface area contributed by atoms with Gasteiger partial charge in [0, 0.05) is 37.8 Å². The summed E-state index contributed by atoms with van der Waals surface area (Å²) in [6.45, 7) is 6.99. The van der Waals surface area contributed by atoms with Gasteiger partial charge in [0.05, 0.1) is 0 Å². The Morgan fingerprint density at radius 3 is 2.76 bits per heavy atom. The fourth-order valence-electron chi connectivity index (χ4n) is 2.17. The predicted molar refractivity (Wildman–Crippen MR) is 73.9 cm³/mol. The van der Waals surface area contributed by atoms with Crippen LogP contribution in [0.25, 0.3) is 0 Å². The zero-order valence-corrected chi connectivity index (χ0v) is 11.4. The van der Waals surface area contributed by atoms with E-state index in [2.05, 4.69) is 25.5 Å². The lowest BCUT2D eigenvalue weighted by Gasteiger charge is -2.34. The summed E-state index contributed by atoms with van der Waals surface area (Å²) in [6, 6.07) is 0. The quantitative estimate of drug-likeness (QED) is 0.775. The molecule has 0 amide bonds. The van der Waals surface area contributed by atoms with Crippen LogP contribution in [-0.4, -0.2) is 56.2 Å². The average Bonchev–Trinajstić information content (AvgIpc) is 2.89. The molecule has 2 heterocycles. The van der Waals surface area contributed by atoms with E-state index in [0.717, 1.165) is 19.6 Å². The summed E-state index contributed by atoms with van der Waals surface area (Å²) in [4.78, 5) is 9.34. The number of unbranched alkanes of at least 4 members (excludes halogenated alkanes) is 1. The molecule has 17 heavy (non-hydrogen) atoms. The van der Waals surface area contributed by atoms with Crippen LogP contribution in [0, 0.1) is 0 Å². The van der Waals surface area contributed by atoms with Gasteiger partial charge < -0.3 is 10.2 Å². The van der Waals surface area contributed by atoms with Gasteiger partial charge in [0.15, 0.2) is 5.13 Å². The van der Waals surface area contributed by atoms with Crippen molar-refractivity contribution in [2.45, 2.75) is 12.8 Å². The van der Waals surface area contributed by atoms with Crippen LogP contribution in [-0.2, 0) is 0 Å². The van der Waals surface area contributed by atoms with Gasteiger partial charge in [0.1, 0.15) is 0 Å². The van der Waals surface area contributed by atoms with Crippen LogP contribution in [0.2, 0.25) is 0 Å². The largest absolute Gasteiger partial charge is 0.346 e. The first-order chi connectivity index (χ1) is 8.40. The Morgan fingerprint density at radius 1 is 1.29 bits per heavy atom. The van der Waals surface area contributed by atoms with Crippen molar-refractivity contribution in [3.8, 4) is 0 Å². The predicted octanol–water partition coefficient (Wildman–Crippen LogP) is 1.26. The van der Waals surface area contributed by atoms with Crippen molar-refractivity contribution in [2.24, 2.45) is 0 Å². The smallest absolute Gasteiger partial charge is 0.185 e. The molecule has 1 fully saturated rings. The van der Waals surface area contributed by atoms with E-state index in [-0.39, 0.29) is 0 Å². The van der Waals surface area contributed by atoms with Gasteiger partial charge in [0.25, 0.3) is 0 Å². The van der Waals surface area contributed by atoms with E-state index in [9.17, 15) is 0 Å². The Hall–Kier alpha value is -0.650. The van der Waals surface area contributed by atoms with E-state index in [4.69, 9.17) is 0 Å². The second-order valence-corrected chi connectivity index (χ2v) is 5.33. The maximum absolute atomic E-state index is 4.37. The van der Waals surface area contributed by atoms with E-state index in [1.807, 2.05) is 13.2 Å². The van der Waals surface area contributed by atoms with Crippen LogP contribution in [0.1, 0.15) is 12.8 Å². The Bertz CT molecular complexity index is 293. The van der Waals surface area contributed by atoms with E-state index in [1.165, 1.54) is 37.6 Å². The van der Waals surface area contributed by atoms with Crippen molar-refractivity contribution >= 4 is 16.5 Å². The van der Waals surface area contributed by atoms with Crippen molar-refractivity contribution < 1.29 is 0 Å². The third-order valence-electron chi connectivity index (χ3n) is 3.21. The molecule has 5 heteroatoms. The molecule has 0 radical (unpaired) electrons. The fourth-order valence-corrected chi connectivity index (χ4v) is 2.87. The molecule has 0 saturated carbocycles. The van der Waals surface area contributed by atoms with Crippen molar-refractivity contribution in [1.82, 2.24) is 15.2 Å².